The van der Waals surface area contributed by atoms with E-state index in [1.54, 1.807) is 36.4 Å². The van der Waals surface area contributed by atoms with Gasteiger partial charge in [-0.15, -0.1) is 0 Å². The largest absolute Gasteiger partial charge is 0.494 e. The van der Waals surface area contributed by atoms with Crippen molar-refractivity contribution in [2.75, 3.05) is 6.61 Å². The third kappa shape index (κ3) is 2.93. The maximum atomic E-state index is 11.8. The second-order valence-corrected chi connectivity index (χ2v) is 6.08. The van der Waals surface area contributed by atoms with Crippen molar-refractivity contribution in [1.82, 2.24) is 0 Å². The molecule has 5 nitrogen and oxygen atoms in total. The Morgan fingerprint density at radius 2 is 1.85 bits per heavy atom. The number of hydrogen-bond acceptors (Lipinski definition) is 4. The highest BCUT2D eigenvalue weighted by molar-refractivity contribution is 6.07. The molecule has 27 heavy (non-hydrogen) atoms. The van der Waals surface area contributed by atoms with Crippen molar-refractivity contribution in [1.29, 1.82) is 0 Å². The smallest absolute Gasteiger partial charge is 0.336 e. The maximum absolute atomic E-state index is 11.8. The van der Waals surface area contributed by atoms with Crippen LogP contribution in [0.1, 0.15) is 17.3 Å². The zero-order chi connectivity index (χ0) is 19.0. The molecular formula is C22H16O5. The van der Waals surface area contributed by atoms with Gasteiger partial charge in [0.15, 0.2) is 5.43 Å². The Kier molecular flexibility index (Phi) is 4.12. The highest BCUT2D eigenvalue weighted by Gasteiger charge is 2.21. The van der Waals surface area contributed by atoms with Crippen LogP contribution in [0, 0.1) is 0 Å². The van der Waals surface area contributed by atoms with E-state index in [9.17, 15) is 14.7 Å². The fraction of sp³-hybridized carbons (Fsp3) is 0.0909. The normalized spacial score (nSPS) is 11.0. The third-order valence-electron chi connectivity index (χ3n) is 4.40. The van der Waals surface area contributed by atoms with Crippen molar-refractivity contribution in [2.24, 2.45) is 0 Å². The quantitative estimate of drug-likeness (QED) is 0.536. The first-order valence-electron chi connectivity index (χ1n) is 8.54. The van der Waals surface area contributed by atoms with E-state index in [-0.39, 0.29) is 11.0 Å². The Morgan fingerprint density at radius 3 is 2.63 bits per heavy atom. The first-order valence-corrected chi connectivity index (χ1v) is 8.54. The van der Waals surface area contributed by atoms with E-state index in [4.69, 9.17) is 9.15 Å². The molecule has 0 atom stereocenters. The molecule has 1 heterocycles. The summed E-state index contributed by atoms with van der Waals surface area (Å²) in [6.45, 7) is 2.40. The van der Waals surface area contributed by atoms with E-state index in [0.29, 0.717) is 40.4 Å². The molecule has 0 amide bonds. The van der Waals surface area contributed by atoms with Crippen LogP contribution in [0.5, 0.6) is 5.75 Å². The lowest BCUT2D eigenvalue weighted by Crippen LogP contribution is -2.03. The number of hydrogen-bond donors (Lipinski definition) is 1. The Balaban J connectivity index is 2.14. The summed E-state index contributed by atoms with van der Waals surface area (Å²) in [5.74, 6) is 0.0294. The van der Waals surface area contributed by atoms with Gasteiger partial charge in [-0.05, 0) is 42.8 Å². The van der Waals surface area contributed by atoms with Crippen molar-refractivity contribution >= 4 is 16.9 Å². The van der Waals surface area contributed by atoms with Crippen LogP contribution >= 0.6 is 0 Å². The number of rotatable bonds is 4. The van der Waals surface area contributed by atoms with Crippen molar-refractivity contribution in [3.8, 4) is 28.2 Å². The van der Waals surface area contributed by atoms with Gasteiger partial charge in [-0.25, -0.2) is 4.79 Å². The van der Waals surface area contributed by atoms with Crippen molar-refractivity contribution in [3.05, 3.63) is 76.5 Å². The Morgan fingerprint density at radius 1 is 1.04 bits per heavy atom. The molecule has 0 saturated carbocycles. The summed E-state index contributed by atoms with van der Waals surface area (Å²) in [6, 6.07) is 16.8. The number of carboxylic acids is 1. The van der Waals surface area contributed by atoms with E-state index >= 15 is 0 Å². The molecule has 134 valence electrons. The van der Waals surface area contributed by atoms with Gasteiger partial charge < -0.3 is 14.3 Å². The van der Waals surface area contributed by atoms with E-state index in [0.717, 1.165) is 5.39 Å². The second kappa shape index (κ2) is 6.61. The van der Waals surface area contributed by atoms with Crippen LogP contribution in [0.15, 0.2) is 69.9 Å². The lowest BCUT2D eigenvalue weighted by Gasteiger charge is -2.17. The topological polar surface area (TPSA) is 76.7 Å². The minimum absolute atomic E-state index is 0.177. The van der Waals surface area contributed by atoms with Gasteiger partial charge in [-0.2, -0.15) is 0 Å². The van der Waals surface area contributed by atoms with Crippen molar-refractivity contribution < 1.29 is 19.1 Å². The zero-order valence-electron chi connectivity index (χ0n) is 14.6. The van der Waals surface area contributed by atoms with Crippen LogP contribution < -0.4 is 10.2 Å². The van der Waals surface area contributed by atoms with Gasteiger partial charge in [0.1, 0.15) is 17.1 Å². The van der Waals surface area contributed by atoms with Crippen LogP contribution in [-0.4, -0.2) is 17.7 Å². The highest BCUT2D eigenvalue weighted by atomic mass is 16.5. The summed E-state index contributed by atoms with van der Waals surface area (Å²) < 4.78 is 11.5. The Labute approximate surface area is 154 Å². The molecule has 1 N–H and O–H groups in total. The van der Waals surface area contributed by atoms with Crippen LogP contribution in [0.2, 0.25) is 0 Å². The summed E-state index contributed by atoms with van der Waals surface area (Å²) >= 11 is 0. The standard InChI is InChI=1S/C22H16O5/c1-2-26-14-8-10-18-20(12-14)27-19-11-13(23)7-9-17(19)21(18)15-5-3-4-6-16(15)22(24)25/h3-12H,2H2,1H3,(H,24,25). The lowest BCUT2D eigenvalue weighted by atomic mass is 9.91. The molecule has 0 unspecified atom stereocenters. The number of benzene rings is 3. The van der Waals surface area contributed by atoms with Gasteiger partial charge in [0.25, 0.3) is 0 Å². The van der Waals surface area contributed by atoms with Crippen molar-refractivity contribution in [3.63, 3.8) is 0 Å². The molecule has 2 aromatic rings. The monoisotopic (exact) mass is 360 g/mol. The fourth-order valence-electron chi connectivity index (χ4n) is 3.29. The number of carboxylic acid groups (broad SMARTS) is 1. The Hall–Kier alpha value is -3.60. The predicted molar refractivity (Wildman–Crippen MR) is 103 cm³/mol. The summed E-state index contributed by atoms with van der Waals surface area (Å²) in [5.41, 5.74) is 2.50. The number of carbonyl (C=O) groups is 1. The molecule has 5 heteroatoms. The van der Waals surface area contributed by atoms with Crippen LogP contribution in [-0.2, 0) is 0 Å². The summed E-state index contributed by atoms with van der Waals surface area (Å²) in [6.07, 6.45) is 0. The summed E-state index contributed by atoms with van der Waals surface area (Å²) in [4.78, 5) is 23.6. The molecule has 0 spiro atoms. The second-order valence-electron chi connectivity index (χ2n) is 6.08. The first kappa shape index (κ1) is 16.8. The minimum atomic E-state index is -1.01. The molecule has 0 aromatic heterocycles. The Bertz CT molecular complexity index is 1190. The first-order chi connectivity index (χ1) is 13.1. The van der Waals surface area contributed by atoms with Gasteiger partial charge in [0, 0.05) is 28.6 Å². The number of aromatic carboxylic acids is 1. The molecule has 2 aliphatic rings. The van der Waals surface area contributed by atoms with Gasteiger partial charge >= 0.3 is 5.97 Å². The van der Waals surface area contributed by atoms with Crippen LogP contribution in [0.25, 0.3) is 33.4 Å². The van der Waals surface area contributed by atoms with Crippen molar-refractivity contribution in [2.45, 2.75) is 6.92 Å². The summed E-state index contributed by atoms with van der Waals surface area (Å²) in [5, 5.41) is 10.4. The molecule has 0 saturated heterocycles. The molecule has 0 bridgehead atoms. The highest BCUT2D eigenvalue weighted by Crippen LogP contribution is 2.41. The molecular weight excluding hydrogens is 344 g/mol. The molecule has 1 aliphatic carbocycles. The maximum Gasteiger partial charge on any atom is 0.336 e. The number of fused-ring (bicyclic) bond motifs is 2. The molecule has 1 aliphatic heterocycles. The van der Waals surface area contributed by atoms with Crippen LogP contribution in [0.3, 0.4) is 0 Å². The fourth-order valence-corrected chi connectivity index (χ4v) is 3.29. The summed E-state index contributed by atoms with van der Waals surface area (Å²) in [7, 11) is 0. The minimum Gasteiger partial charge on any atom is -0.494 e. The van der Waals surface area contributed by atoms with Crippen LogP contribution in [0.4, 0.5) is 0 Å². The average molecular weight is 360 g/mol. The van der Waals surface area contributed by atoms with Gasteiger partial charge in [0.2, 0.25) is 0 Å². The molecule has 0 fully saturated rings. The van der Waals surface area contributed by atoms with E-state index < -0.39 is 5.97 Å². The van der Waals surface area contributed by atoms with E-state index in [1.165, 1.54) is 12.1 Å². The SMILES string of the molecule is CCOc1ccc2c(-c3ccccc3C(=O)O)c3ccc(=O)cc-3oc2c1. The van der Waals surface area contributed by atoms with Gasteiger partial charge in [-0.1, -0.05) is 18.2 Å². The van der Waals surface area contributed by atoms with E-state index in [2.05, 4.69) is 0 Å². The molecule has 0 radical (unpaired) electrons. The molecule has 2 aromatic carbocycles. The average Bonchev–Trinajstić information content (AvgIpc) is 2.66. The third-order valence-corrected chi connectivity index (χ3v) is 4.40. The van der Waals surface area contributed by atoms with E-state index in [1.807, 2.05) is 19.1 Å². The number of ether oxygens (including phenoxy) is 1. The predicted octanol–water partition coefficient (Wildman–Crippen LogP) is 4.66. The van der Waals surface area contributed by atoms with Gasteiger partial charge in [0.05, 0.1) is 12.2 Å². The zero-order valence-corrected chi connectivity index (χ0v) is 14.6. The lowest BCUT2D eigenvalue weighted by molar-refractivity contribution is 0.0697. The van der Waals surface area contributed by atoms with Gasteiger partial charge in [-0.3, -0.25) is 4.79 Å². The molecule has 4 rings (SSSR count).